The summed E-state index contributed by atoms with van der Waals surface area (Å²) < 4.78 is 16.9. The lowest BCUT2D eigenvalue weighted by molar-refractivity contribution is -0.120. The Kier molecular flexibility index (Phi) is 4.41. The Morgan fingerprint density at radius 3 is 2.78 bits per heavy atom. The van der Waals surface area contributed by atoms with Crippen molar-refractivity contribution in [2.75, 3.05) is 0 Å². The number of halogens is 1. The molecule has 1 aromatic carbocycles. The number of aromatic nitrogens is 2. The van der Waals surface area contributed by atoms with Gasteiger partial charge in [0.2, 0.25) is 5.95 Å². The molecule has 0 aliphatic carbocycles. The van der Waals surface area contributed by atoms with Crippen molar-refractivity contribution in [1.29, 1.82) is 0 Å². The number of carbonyl (C=O) groups excluding carboxylic acids is 1. The second kappa shape index (κ2) is 6.85. The molecule has 2 atom stereocenters. The third-order valence-electron chi connectivity index (χ3n) is 6.76. The quantitative estimate of drug-likeness (QED) is 0.711. The summed E-state index contributed by atoms with van der Waals surface area (Å²) >= 11 is 0. The zero-order valence-electron chi connectivity index (χ0n) is 19.0. The Bertz CT molecular complexity index is 1240. The third-order valence-corrected chi connectivity index (χ3v) is 6.76. The van der Waals surface area contributed by atoms with E-state index in [-0.39, 0.29) is 5.91 Å². The van der Waals surface area contributed by atoms with Gasteiger partial charge in [-0.3, -0.25) is 9.48 Å². The number of hydrogen-bond donors (Lipinski definition) is 2. The third kappa shape index (κ3) is 2.85. The summed E-state index contributed by atoms with van der Waals surface area (Å²) in [7, 11) is 1.89. The number of amides is 1. The predicted octanol–water partition coefficient (Wildman–Crippen LogP) is 4.17. The van der Waals surface area contributed by atoms with E-state index in [1.807, 2.05) is 65.2 Å². The first kappa shape index (κ1) is 20.6. The number of benzene rings is 1. The van der Waals surface area contributed by atoms with Crippen molar-refractivity contribution in [3.63, 3.8) is 0 Å². The molecule has 3 aliphatic rings. The highest BCUT2D eigenvalue weighted by Gasteiger charge is 2.55. The maximum atomic E-state index is 15.2. The second-order valence-electron chi connectivity index (χ2n) is 9.48. The van der Waals surface area contributed by atoms with E-state index in [2.05, 4.69) is 26.0 Å². The van der Waals surface area contributed by atoms with Gasteiger partial charge >= 0.3 is 0 Å². The van der Waals surface area contributed by atoms with Gasteiger partial charge in [0.05, 0.1) is 16.7 Å². The highest BCUT2D eigenvalue weighted by Crippen LogP contribution is 2.53. The molecule has 0 saturated heterocycles. The van der Waals surface area contributed by atoms with Crippen molar-refractivity contribution in [3.8, 4) is 11.1 Å². The first-order valence-corrected chi connectivity index (χ1v) is 10.9. The summed E-state index contributed by atoms with van der Waals surface area (Å²) in [4.78, 5) is 13.5. The van der Waals surface area contributed by atoms with Crippen molar-refractivity contribution in [3.05, 3.63) is 64.5 Å². The lowest BCUT2D eigenvalue weighted by Gasteiger charge is -2.48. The van der Waals surface area contributed by atoms with Crippen molar-refractivity contribution >= 4 is 5.91 Å². The molecule has 7 nitrogen and oxygen atoms in total. The van der Waals surface area contributed by atoms with Gasteiger partial charge in [-0.05, 0) is 44.4 Å². The Morgan fingerprint density at radius 1 is 1.31 bits per heavy atom. The topological polar surface area (TPSA) is 83.7 Å². The van der Waals surface area contributed by atoms with Crippen LogP contribution in [0.25, 0.3) is 11.1 Å². The number of carbonyl (C=O) groups is 1. The minimum Gasteiger partial charge on any atom is -0.362 e. The number of nitrogens with one attached hydrogen (secondary N) is 2. The minimum absolute atomic E-state index is 0.181. The Morgan fingerprint density at radius 2 is 2.09 bits per heavy atom. The fraction of sp³-hybridized carbons (Fsp3) is 0.417. The summed E-state index contributed by atoms with van der Waals surface area (Å²) in [5, 5.41) is 18.8. The van der Waals surface area contributed by atoms with E-state index < -0.39 is 23.1 Å². The number of rotatable bonds is 3. The molecular weight excluding hydrogens is 407 g/mol. The molecule has 32 heavy (non-hydrogen) atoms. The van der Waals surface area contributed by atoms with Gasteiger partial charge in [-0.25, -0.2) is 0 Å². The monoisotopic (exact) mass is 434 g/mol. The molecule has 5 rings (SSSR count). The molecule has 0 spiro atoms. The standard InChI is InChI=1S/C24H27FN6O/c1-6-24(15-9-7-8-14(10-15)16-12-31(5)30-13(16)2)18-17(11-23(3,4)27-22(18)32)26-21-19(24)20(25)28-29-21/h7-10,12,21,26H,6,11H2,1-5H3,(H,27,32)/t21?,24-/m0/s1. The largest absolute Gasteiger partial charge is 0.362 e. The Hall–Kier alpha value is -3.29. The number of fused-ring (bicyclic) bond motifs is 1. The summed E-state index contributed by atoms with van der Waals surface area (Å²) in [5.74, 6) is -0.796. The van der Waals surface area contributed by atoms with Crippen LogP contribution in [-0.4, -0.2) is 27.4 Å². The van der Waals surface area contributed by atoms with E-state index in [9.17, 15) is 4.79 Å². The number of hydrogen-bond acceptors (Lipinski definition) is 5. The normalized spacial score (nSPS) is 26.1. The lowest BCUT2D eigenvalue weighted by Crippen LogP contribution is -2.58. The van der Waals surface area contributed by atoms with E-state index in [0.29, 0.717) is 24.0 Å². The average molecular weight is 435 g/mol. The van der Waals surface area contributed by atoms with E-state index in [0.717, 1.165) is 28.1 Å². The molecule has 0 fully saturated rings. The van der Waals surface area contributed by atoms with Crippen LogP contribution in [0.1, 0.15) is 44.9 Å². The first-order chi connectivity index (χ1) is 15.2. The van der Waals surface area contributed by atoms with Crippen LogP contribution in [0.15, 0.2) is 63.5 Å². The van der Waals surface area contributed by atoms with Crippen LogP contribution in [0.2, 0.25) is 0 Å². The molecule has 1 amide bonds. The molecule has 2 aromatic rings. The van der Waals surface area contributed by atoms with Crippen LogP contribution >= 0.6 is 0 Å². The Balaban J connectivity index is 1.78. The number of azo groups is 1. The van der Waals surface area contributed by atoms with Gasteiger partial charge in [0.1, 0.15) is 0 Å². The second-order valence-corrected chi connectivity index (χ2v) is 9.48. The van der Waals surface area contributed by atoms with Gasteiger partial charge in [0, 0.05) is 42.0 Å². The van der Waals surface area contributed by atoms with Gasteiger partial charge in [0.25, 0.3) is 5.91 Å². The minimum atomic E-state index is -0.967. The number of nitrogens with zero attached hydrogens (tertiary/aromatic N) is 4. The summed E-state index contributed by atoms with van der Waals surface area (Å²) in [6.45, 7) is 7.92. The molecule has 166 valence electrons. The maximum Gasteiger partial charge on any atom is 0.250 e. The van der Waals surface area contributed by atoms with E-state index in [4.69, 9.17) is 0 Å². The molecule has 3 aliphatic heterocycles. The van der Waals surface area contributed by atoms with Crippen LogP contribution in [0.4, 0.5) is 4.39 Å². The Labute approximate surface area is 186 Å². The molecule has 0 radical (unpaired) electrons. The smallest absolute Gasteiger partial charge is 0.250 e. The fourth-order valence-electron chi connectivity index (χ4n) is 5.51. The van der Waals surface area contributed by atoms with Crippen LogP contribution < -0.4 is 10.6 Å². The van der Waals surface area contributed by atoms with Crippen molar-refractivity contribution in [2.45, 2.75) is 57.7 Å². The lowest BCUT2D eigenvalue weighted by atomic mass is 9.62. The van der Waals surface area contributed by atoms with Crippen molar-refractivity contribution < 1.29 is 9.18 Å². The maximum absolute atomic E-state index is 15.2. The summed E-state index contributed by atoms with van der Waals surface area (Å²) in [6.07, 6.45) is 2.47. The highest BCUT2D eigenvalue weighted by atomic mass is 19.1. The predicted molar refractivity (Wildman–Crippen MR) is 119 cm³/mol. The number of aryl methyl sites for hydroxylation is 2. The fourth-order valence-corrected chi connectivity index (χ4v) is 5.51. The first-order valence-electron chi connectivity index (χ1n) is 10.9. The van der Waals surface area contributed by atoms with Crippen molar-refractivity contribution in [1.82, 2.24) is 20.4 Å². The summed E-state index contributed by atoms with van der Waals surface area (Å²) in [6, 6.07) is 7.99. The molecular formula is C24H27FN6O. The van der Waals surface area contributed by atoms with E-state index in [1.165, 1.54) is 0 Å². The molecule has 1 unspecified atom stereocenters. The molecule has 1 aromatic heterocycles. The van der Waals surface area contributed by atoms with Gasteiger partial charge in [0.15, 0.2) is 6.17 Å². The van der Waals surface area contributed by atoms with Gasteiger partial charge in [-0.15, -0.1) is 5.11 Å². The molecule has 2 N–H and O–H groups in total. The van der Waals surface area contributed by atoms with E-state index >= 15 is 4.39 Å². The van der Waals surface area contributed by atoms with Crippen LogP contribution in [0.3, 0.4) is 0 Å². The van der Waals surface area contributed by atoms with Gasteiger partial charge < -0.3 is 10.6 Å². The zero-order valence-corrected chi connectivity index (χ0v) is 19.0. The van der Waals surface area contributed by atoms with Crippen molar-refractivity contribution in [2.24, 2.45) is 17.3 Å². The molecule has 4 heterocycles. The molecule has 0 saturated carbocycles. The van der Waals surface area contributed by atoms with Gasteiger partial charge in [-0.1, -0.05) is 25.1 Å². The highest BCUT2D eigenvalue weighted by molar-refractivity contribution is 6.00. The van der Waals surface area contributed by atoms with Crippen LogP contribution in [-0.2, 0) is 17.3 Å². The molecule has 8 heteroatoms. The van der Waals surface area contributed by atoms with Crippen LogP contribution in [0.5, 0.6) is 0 Å². The molecule has 0 bridgehead atoms. The SMILES string of the molecule is CC[C@]1(c2cccc(-c3cn(C)nc3C)c2)C2=C(CC(C)(C)NC2=O)NC2N=NC(F)=C21. The van der Waals surface area contributed by atoms with Crippen LogP contribution in [0, 0.1) is 6.92 Å². The average Bonchev–Trinajstić information content (AvgIpc) is 3.27. The zero-order chi connectivity index (χ0) is 22.8. The van der Waals surface area contributed by atoms with E-state index in [1.54, 1.807) is 4.68 Å². The van der Waals surface area contributed by atoms with Gasteiger partial charge in [-0.2, -0.15) is 14.6 Å². The summed E-state index contributed by atoms with van der Waals surface area (Å²) in [5.41, 5.74) is 4.15.